The monoisotopic (exact) mass is 456 g/mol. The molecule has 0 bridgehead atoms. The first-order valence-corrected chi connectivity index (χ1v) is 11.2. The van der Waals surface area contributed by atoms with E-state index in [-0.39, 0.29) is 11.9 Å². The molecule has 0 radical (unpaired) electrons. The van der Waals surface area contributed by atoms with Crippen LogP contribution in [0.1, 0.15) is 24.0 Å². The molecule has 1 aliphatic rings. The van der Waals surface area contributed by atoms with E-state index < -0.39 is 0 Å². The van der Waals surface area contributed by atoms with Crippen molar-refractivity contribution in [2.45, 2.75) is 25.8 Å². The molecular formula is C26H25FN6O. The lowest BCUT2D eigenvalue weighted by molar-refractivity contribution is 0.415. The minimum Gasteiger partial charge on any atom is -0.497 e. The van der Waals surface area contributed by atoms with Crippen molar-refractivity contribution in [1.82, 2.24) is 15.2 Å². The van der Waals surface area contributed by atoms with Crippen LogP contribution in [0, 0.1) is 24.1 Å². The van der Waals surface area contributed by atoms with Gasteiger partial charge in [0, 0.05) is 36.1 Å². The molecule has 3 heterocycles. The van der Waals surface area contributed by atoms with Crippen molar-refractivity contribution >= 4 is 16.6 Å². The minimum absolute atomic E-state index is 0.143. The third-order valence-electron chi connectivity index (χ3n) is 6.39. The first kappa shape index (κ1) is 21.9. The van der Waals surface area contributed by atoms with Gasteiger partial charge in [0.25, 0.3) is 0 Å². The topological polar surface area (TPSA) is 104 Å². The van der Waals surface area contributed by atoms with Crippen LogP contribution in [0.4, 0.5) is 10.1 Å². The number of H-pyrrole nitrogens is 1. The Balaban J connectivity index is 1.77. The Morgan fingerprint density at radius 3 is 2.71 bits per heavy atom. The van der Waals surface area contributed by atoms with Crippen LogP contribution < -0.4 is 15.4 Å². The van der Waals surface area contributed by atoms with Crippen LogP contribution in [0.3, 0.4) is 0 Å². The standard InChI is InChI=1S/C26H25FN6O/c1-15-9-16(11-17(27)10-15)22-14-30-32-25(26(22)33-7-5-18(29)6-8-33)24-21(13-28)20-4-3-19(34-2)12-23(20)31-24/h3-4,9-12,14,18,31H,5-8,29H2,1-2H3. The molecule has 0 aliphatic carbocycles. The minimum atomic E-state index is -0.310. The number of benzene rings is 2. The van der Waals surface area contributed by atoms with Gasteiger partial charge < -0.3 is 20.4 Å². The zero-order chi connectivity index (χ0) is 23.8. The Morgan fingerprint density at radius 1 is 1.21 bits per heavy atom. The van der Waals surface area contributed by atoms with Gasteiger partial charge in [-0.3, -0.25) is 0 Å². The number of anilines is 1. The molecule has 0 spiro atoms. The van der Waals surface area contributed by atoms with Gasteiger partial charge >= 0.3 is 0 Å². The number of nitrogens with two attached hydrogens (primary N) is 1. The first-order valence-electron chi connectivity index (χ1n) is 11.2. The largest absolute Gasteiger partial charge is 0.497 e. The number of aryl methyl sites for hydroxylation is 1. The number of nitrogens with one attached hydrogen (secondary N) is 1. The number of nitrogens with zero attached hydrogens (tertiary/aromatic N) is 4. The summed E-state index contributed by atoms with van der Waals surface area (Å²) in [6.07, 6.45) is 3.33. The molecule has 0 unspecified atom stereocenters. The van der Waals surface area contributed by atoms with Gasteiger partial charge in [0.1, 0.15) is 23.3 Å². The van der Waals surface area contributed by atoms with E-state index in [9.17, 15) is 9.65 Å². The van der Waals surface area contributed by atoms with E-state index in [4.69, 9.17) is 10.5 Å². The fraction of sp³-hybridized carbons (Fsp3) is 0.269. The predicted molar refractivity (Wildman–Crippen MR) is 130 cm³/mol. The van der Waals surface area contributed by atoms with E-state index in [1.807, 2.05) is 31.2 Å². The summed E-state index contributed by atoms with van der Waals surface area (Å²) in [4.78, 5) is 5.58. The number of piperidine rings is 1. The Morgan fingerprint density at radius 2 is 2.00 bits per heavy atom. The number of ether oxygens (including phenoxy) is 1. The van der Waals surface area contributed by atoms with Crippen molar-refractivity contribution in [3.8, 4) is 34.3 Å². The molecule has 34 heavy (non-hydrogen) atoms. The Hall–Kier alpha value is -3.96. The third-order valence-corrected chi connectivity index (χ3v) is 6.39. The number of aromatic amines is 1. The van der Waals surface area contributed by atoms with Crippen LogP contribution in [0.2, 0.25) is 0 Å². The van der Waals surface area contributed by atoms with Crippen molar-refractivity contribution in [2.24, 2.45) is 5.73 Å². The predicted octanol–water partition coefficient (Wildman–Crippen LogP) is 4.55. The van der Waals surface area contributed by atoms with Crippen molar-refractivity contribution < 1.29 is 9.13 Å². The lowest BCUT2D eigenvalue weighted by Crippen LogP contribution is -2.40. The Labute approximate surface area is 197 Å². The van der Waals surface area contributed by atoms with Crippen molar-refractivity contribution in [3.63, 3.8) is 0 Å². The number of hydrogen-bond donors (Lipinski definition) is 2. The van der Waals surface area contributed by atoms with Gasteiger partial charge in [0.05, 0.1) is 35.8 Å². The van der Waals surface area contributed by atoms with Gasteiger partial charge in [0.2, 0.25) is 0 Å². The van der Waals surface area contributed by atoms with E-state index in [0.29, 0.717) is 22.7 Å². The van der Waals surface area contributed by atoms with E-state index in [1.165, 1.54) is 12.1 Å². The van der Waals surface area contributed by atoms with Crippen LogP contribution in [0.15, 0.2) is 42.6 Å². The molecule has 3 N–H and O–H groups in total. The maximum Gasteiger partial charge on any atom is 0.134 e. The number of hydrogen-bond acceptors (Lipinski definition) is 6. The quantitative estimate of drug-likeness (QED) is 0.467. The summed E-state index contributed by atoms with van der Waals surface area (Å²) in [5.74, 6) is 0.375. The second-order valence-electron chi connectivity index (χ2n) is 8.70. The number of nitriles is 1. The fourth-order valence-electron chi connectivity index (χ4n) is 4.69. The fourth-order valence-corrected chi connectivity index (χ4v) is 4.69. The van der Waals surface area contributed by atoms with Crippen LogP contribution >= 0.6 is 0 Å². The zero-order valence-corrected chi connectivity index (χ0v) is 19.1. The van der Waals surface area contributed by atoms with E-state index >= 15 is 0 Å². The molecule has 1 aliphatic heterocycles. The van der Waals surface area contributed by atoms with Gasteiger partial charge in [-0.05, 0) is 55.2 Å². The molecule has 0 amide bonds. The molecular weight excluding hydrogens is 431 g/mol. The number of methoxy groups -OCH3 is 1. The van der Waals surface area contributed by atoms with Gasteiger partial charge in [-0.1, -0.05) is 6.07 Å². The lowest BCUT2D eigenvalue weighted by Gasteiger charge is -2.34. The molecule has 8 heteroatoms. The Bertz CT molecular complexity index is 1390. The number of halogens is 1. The highest BCUT2D eigenvalue weighted by molar-refractivity contribution is 5.97. The zero-order valence-electron chi connectivity index (χ0n) is 19.1. The van der Waals surface area contributed by atoms with Crippen molar-refractivity contribution in [1.29, 1.82) is 5.26 Å². The molecule has 2 aromatic carbocycles. The van der Waals surface area contributed by atoms with Crippen LogP contribution in [0.5, 0.6) is 5.75 Å². The summed E-state index contributed by atoms with van der Waals surface area (Å²) in [6, 6.07) is 13.0. The van der Waals surface area contributed by atoms with Crippen LogP contribution in [-0.4, -0.2) is 41.4 Å². The highest BCUT2D eigenvalue weighted by atomic mass is 19.1. The van der Waals surface area contributed by atoms with Gasteiger partial charge in [-0.15, -0.1) is 5.10 Å². The summed E-state index contributed by atoms with van der Waals surface area (Å²) in [5, 5.41) is 19.6. The second kappa shape index (κ2) is 8.76. The summed E-state index contributed by atoms with van der Waals surface area (Å²) in [5.41, 5.74) is 11.7. The maximum absolute atomic E-state index is 14.4. The first-order chi connectivity index (χ1) is 16.5. The summed E-state index contributed by atoms with van der Waals surface area (Å²) in [6.45, 7) is 3.33. The van der Waals surface area contributed by atoms with Gasteiger partial charge in [-0.25, -0.2) is 4.39 Å². The third kappa shape index (κ3) is 3.84. The SMILES string of the molecule is COc1ccc2c(C#N)c(-c3nncc(-c4cc(C)cc(F)c4)c3N3CCC(N)CC3)[nH]c2c1. The van der Waals surface area contributed by atoms with Gasteiger partial charge in [0.15, 0.2) is 0 Å². The van der Waals surface area contributed by atoms with Crippen molar-refractivity contribution in [3.05, 3.63) is 59.5 Å². The average molecular weight is 457 g/mol. The molecule has 0 saturated carbocycles. The molecule has 7 nitrogen and oxygen atoms in total. The summed E-state index contributed by atoms with van der Waals surface area (Å²) in [7, 11) is 1.60. The maximum atomic E-state index is 14.4. The molecule has 172 valence electrons. The summed E-state index contributed by atoms with van der Waals surface area (Å²) >= 11 is 0. The highest BCUT2D eigenvalue weighted by Crippen LogP contribution is 2.41. The highest BCUT2D eigenvalue weighted by Gasteiger charge is 2.27. The number of aromatic nitrogens is 3. The van der Waals surface area contributed by atoms with Crippen molar-refractivity contribution in [2.75, 3.05) is 25.1 Å². The second-order valence-corrected chi connectivity index (χ2v) is 8.70. The van der Waals surface area contributed by atoms with E-state index in [2.05, 4.69) is 26.2 Å². The summed E-state index contributed by atoms with van der Waals surface area (Å²) < 4.78 is 19.7. The van der Waals surface area contributed by atoms with Crippen LogP contribution in [0.25, 0.3) is 33.4 Å². The molecule has 5 rings (SSSR count). The van der Waals surface area contributed by atoms with E-state index in [0.717, 1.165) is 59.2 Å². The van der Waals surface area contributed by atoms with Crippen LogP contribution in [-0.2, 0) is 0 Å². The molecule has 1 saturated heterocycles. The number of fused-ring (bicyclic) bond motifs is 1. The normalized spacial score (nSPS) is 14.4. The molecule has 0 atom stereocenters. The molecule has 4 aromatic rings. The molecule has 1 fully saturated rings. The number of rotatable bonds is 4. The smallest absolute Gasteiger partial charge is 0.134 e. The Kier molecular flexibility index (Phi) is 5.64. The average Bonchev–Trinajstić information content (AvgIpc) is 3.21. The van der Waals surface area contributed by atoms with E-state index in [1.54, 1.807) is 13.3 Å². The lowest BCUT2D eigenvalue weighted by atomic mass is 9.97. The van der Waals surface area contributed by atoms with Gasteiger partial charge in [-0.2, -0.15) is 10.4 Å². The molecule has 2 aromatic heterocycles.